The first-order valence-corrected chi connectivity index (χ1v) is 6.42. The second-order valence-corrected chi connectivity index (χ2v) is 5.03. The Labute approximate surface area is 93.8 Å². The summed E-state index contributed by atoms with van der Waals surface area (Å²) in [6, 6.07) is -0.213. The average Bonchev–Trinajstić information content (AvgIpc) is 2.50. The molecule has 1 amide bonds. The second-order valence-electron chi connectivity index (χ2n) is 4.17. The van der Waals surface area contributed by atoms with Crippen molar-refractivity contribution in [1.29, 1.82) is 0 Å². The number of carbonyl (C=O) groups is 2. The number of hydrogen-bond acceptors (Lipinski definition) is 3. The van der Waals surface area contributed by atoms with Crippen LogP contribution in [-0.2, 0) is 9.59 Å². The molecule has 0 spiro atoms. The zero-order valence-corrected chi connectivity index (χ0v) is 9.89. The summed E-state index contributed by atoms with van der Waals surface area (Å²) >= 11 is 1.44. The normalized spacial score (nSPS) is 30.1. The molecule has 0 saturated heterocycles. The maximum absolute atomic E-state index is 11.4. The number of carboxylic acids is 1. The van der Waals surface area contributed by atoms with Gasteiger partial charge in [0.05, 0.1) is 11.2 Å². The van der Waals surface area contributed by atoms with Crippen molar-refractivity contribution in [3.8, 4) is 0 Å². The molecule has 0 aliphatic heterocycles. The summed E-state index contributed by atoms with van der Waals surface area (Å²) in [6.07, 6.45) is 4.13. The Hall–Kier alpha value is -0.710. The third kappa shape index (κ3) is 2.65. The van der Waals surface area contributed by atoms with Gasteiger partial charge in [-0.05, 0) is 26.0 Å². The molecule has 0 heterocycles. The van der Waals surface area contributed by atoms with E-state index in [9.17, 15) is 9.59 Å². The van der Waals surface area contributed by atoms with E-state index in [2.05, 4.69) is 5.32 Å². The van der Waals surface area contributed by atoms with Crippen LogP contribution < -0.4 is 5.32 Å². The molecule has 0 aromatic heterocycles. The number of thioether (sulfide) groups is 1. The van der Waals surface area contributed by atoms with Crippen LogP contribution >= 0.6 is 11.8 Å². The van der Waals surface area contributed by atoms with Gasteiger partial charge in [-0.15, -0.1) is 0 Å². The number of carbonyl (C=O) groups excluding carboxylic acids is 1. The van der Waals surface area contributed by atoms with Crippen molar-refractivity contribution in [3.63, 3.8) is 0 Å². The van der Waals surface area contributed by atoms with Crippen LogP contribution in [0.4, 0.5) is 0 Å². The molecule has 15 heavy (non-hydrogen) atoms. The fourth-order valence-corrected chi connectivity index (χ4v) is 2.37. The van der Waals surface area contributed by atoms with Crippen molar-refractivity contribution in [2.24, 2.45) is 5.41 Å². The smallest absolute Gasteiger partial charge is 0.311 e. The van der Waals surface area contributed by atoms with Crippen LogP contribution in [0.2, 0.25) is 0 Å². The molecule has 2 unspecified atom stereocenters. The molecule has 1 saturated carbocycles. The molecular weight excluding hydrogens is 214 g/mol. The number of amides is 1. The van der Waals surface area contributed by atoms with E-state index in [4.69, 9.17) is 5.11 Å². The summed E-state index contributed by atoms with van der Waals surface area (Å²) in [7, 11) is 0. The van der Waals surface area contributed by atoms with Gasteiger partial charge in [-0.1, -0.05) is 6.42 Å². The number of hydrogen-bond donors (Lipinski definition) is 2. The first kappa shape index (κ1) is 12.4. The van der Waals surface area contributed by atoms with Gasteiger partial charge in [-0.2, -0.15) is 11.8 Å². The lowest BCUT2D eigenvalue weighted by atomic mass is 9.85. The first-order valence-electron chi connectivity index (χ1n) is 5.02. The molecule has 2 N–H and O–H groups in total. The van der Waals surface area contributed by atoms with E-state index < -0.39 is 11.4 Å². The number of aliphatic carboxylic acids is 1. The zero-order chi connectivity index (χ0) is 11.5. The third-order valence-electron chi connectivity index (χ3n) is 3.06. The predicted molar refractivity (Wildman–Crippen MR) is 59.9 cm³/mol. The van der Waals surface area contributed by atoms with Crippen LogP contribution in [-0.4, -0.2) is 35.0 Å². The highest BCUT2D eigenvalue weighted by molar-refractivity contribution is 7.99. The van der Waals surface area contributed by atoms with Gasteiger partial charge >= 0.3 is 5.97 Å². The van der Waals surface area contributed by atoms with E-state index in [0.717, 1.165) is 12.8 Å². The lowest BCUT2D eigenvalue weighted by Crippen LogP contribution is -2.47. The average molecular weight is 231 g/mol. The summed E-state index contributed by atoms with van der Waals surface area (Å²) in [6.45, 7) is 1.71. The second kappa shape index (κ2) is 4.88. The lowest BCUT2D eigenvalue weighted by Gasteiger charge is -2.27. The number of rotatable bonds is 4. The Kier molecular flexibility index (Phi) is 4.02. The van der Waals surface area contributed by atoms with Gasteiger partial charge in [0.25, 0.3) is 0 Å². The minimum absolute atomic E-state index is 0.0677. The van der Waals surface area contributed by atoms with E-state index in [1.165, 1.54) is 11.8 Å². The van der Waals surface area contributed by atoms with Crippen LogP contribution in [0.5, 0.6) is 0 Å². The predicted octanol–water partition coefficient (Wildman–Crippen LogP) is 1.11. The first-order chi connectivity index (χ1) is 7.00. The summed E-state index contributed by atoms with van der Waals surface area (Å²) in [5.41, 5.74) is -0.784. The summed E-state index contributed by atoms with van der Waals surface area (Å²) in [5, 5.41) is 11.9. The zero-order valence-electron chi connectivity index (χ0n) is 9.08. The minimum atomic E-state index is -0.811. The largest absolute Gasteiger partial charge is 0.481 e. The minimum Gasteiger partial charge on any atom is -0.481 e. The number of nitrogens with one attached hydrogen (secondary N) is 1. The van der Waals surface area contributed by atoms with E-state index in [-0.39, 0.29) is 11.9 Å². The Morgan fingerprint density at radius 1 is 1.60 bits per heavy atom. The highest BCUT2D eigenvalue weighted by Crippen LogP contribution is 2.38. The van der Waals surface area contributed by atoms with Crippen molar-refractivity contribution in [1.82, 2.24) is 5.32 Å². The monoisotopic (exact) mass is 231 g/mol. The van der Waals surface area contributed by atoms with E-state index in [1.807, 2.05) is 6.26 Å². The molecule has 0 bridgehead atoms. The maximum atomic E-state index is 11.4. The maximum Gasteiger partial charge on any atom is 0.311 e. The Morgan fingerprint density at radius 2 is 2.27 bits per heavy atom. The molecule has 1 aliphatic carbocycles. The van der Waals surface area contributed by atoms with Crippen LogP contribution in [0, 0.1) is 5.41 Å². The highest BCUT2D eigenvalue weighted by Gasteiger charge is 2.45. The SMILES string of the molecule is CSCC(=O)NC1CCCC1(C)C(=O)O. The van der Waals surface area contributed by atoms with Crippen molar-refractivity contribution in [2.45, 2.75) is 32.2 Å². The number of carboxylic acid groups (broad SMARTS) is 1. The van der Waals surface area contributed by atoms with Crippen LogP contribution in [0.15, 0.2) is 0 Å². The Morgan fingerprint density at radius 3 is 2.80 bits per heavy atom. The molecule has 0 aromatic rings. The Balaban J connectivity index is 2.61. The fourth-order valence-electron chi connectivity index (χ4n) is 2.02. The molecule has 1 rings (SSSR count). The standard InChI is InChI=1S/C10H17NO3S/c1-10(9(13)14)5-3-4-7(10)11-8(12)6-15-2/h7H,3-6H2,1-2H3,(H,11,12)(H,13,14). The highest BCUT2D eigenvalue weighted by atomic mass is 32.2. The van der Waals surface area contributed by atoms with Crippen molar-refractivity contribution >= 4 is 23.6 Å². The molecular formula is C10H17NO3S. The van der Waals surface area contributed by atoms with Gasteiger partial charge in [-0.3, -0.25) is 9.59 Å². The van der Waals surface area contributed by atoms with Gasteiger partial charge < -0.3 is 10.4 Å². The molecule has 2 atom stereocenters. The van der Waals surface area contributed by atoms with Crippen molar-refractivity contribution < 1.29 is 14.7 Å². The molecule has 1 fully saturated rings. The quantitative estimate of drug-likeness (QED) is 0.760. The summed E-state index contributed by atoms with van der Waals surface area (Å²) in [5.74, 6) is -0.483. The molecule has 86 valence electrons. The van der Waals surface area contributed by atoms with Crippen LogP contribution in [0.3, 0.4) is 0 Å². The van der Waals surface area contributed by atoms with E-state index in [1.54, 1.807) is 6.92 Å². The van der Waals surface area contributed by atoms with Crippen LogP contribution in [0.25, 0.3) is 0 Å². The molecule has 0 aromatic carbocycles. The van der Waals surface area contributed by atoms with Gasteiger partial charge in [0.15, 0.2) is 0 Å². The van der Waals surface area contributed by atoms with Gasteiger partial charge in [-0.25, -0.2) is 0 Å². The molecule has 0 radical (unpaired) electrons. The van der Waals surface area contributed by atoms with E-state index in [0.29, 0.717) is 12.2 Å². The summed E-state index contributed by atoms with van der Waals surface area (Å²) < 4.78 is 0. The molecule has 5 heteroatoms. The van der Waals surface area contributed by atoms with Crippen molar-refractivity contribution in [3.05, 3.63) is 0 Å². The molecule has 1 aliphatic rings. The van der Waals surface area contributed by atoms with Gasteiger partial charge in [0, 0.05) is 6.04 Å². The topological polar surface area (TPSA) is 66.4 Å². The lowest BCUT2D eigenvalue weighted by molar-refractivity contribution is -0.149. The van der Waals surface area contributed by atoms with Crippen LogP contribution in [0.1, 0.15) is 26.2 Å². The van der Waals surface area contributed by atoms with E-state index >= 15 is 0 Å². The van der Waals surface area contributed by atoms with Crippen molar-refractivity contribution in [2.75, 3.05) is 12.0 Å². The summed E-state index contributed by atoms with van der Waals surface area (Å²) in [4.78, 5) is 22.5. The van der Waals surface area contributed by atoms with Gasteiger partial charge in [0.1, 0.15) is 0 Å². The van der Waals surface area contributed by atoms with Gasteiger partial charge in [0.2, 0.25) is 5.91 Å². The Bertz CT molecular complexity index is 269. The molecule has 4 nitrogen and oxygen atoms in total. The third-order valence-corrected chi connectivity index (χ3v) is 3.61. The fraction of sp³-hybridized carbons (Fsp3) is 0.800.